The maximum atomic E-state index is 13.0. The van der Waals surface area contributed by atoms with Crippen molar-refractivity contribution >= 4 is 28.3 Å². The molecule has 0 aliphatic rings. The lowest BCUT2D eigenvalue weighted by atomic mass is 10.1. The fourth-order valence-corrected chi connectivity index (χ4v) is 3.69. The van der Waals surface area contributed by atoms with Gasteiger partial charge in [0.05, 0.1) is 17.9 Å². The SMILES string of the molecule is CCCn1nc(C(=O)OCC(=O)N(CCC#N)c2cc(C)cc(C)c2)c2ccccc2c1=O. The van der Waals surface area contributed by atoms with Gasteiger partial charge in [0.15, 0.2) is 12.3 Å². The lowest BCUT2D eigenvalue weighted by Crippen LogP contribution is -2.36. The molecule has 0 saturated carbocycles. The predicted octanol–water partition coefficient (Wildman–Crippen LogP) is 3.53. The molecule has 0 bridgehead atoms. The molecule has 33 heavy (non-hydrogen) atoms. The summed E-state index contributed by atoms with van der Waals surface area (Å²) in [7, 11) is 0. The summed E-state index contributed by atoms with van der Waals surface area (Å²) >= 11 is 0. The van der Waals surface area contributed by atoms with Gasteiger partial charge in [-0.2, -0.15) is 10.4 Å². The third-order valence-electron chi connectivity index (χ3n) is 5.09. The van der Waals surface area contributed by atoms with Crippen molar-refractivity contribution in [3.05, 3.63) is 69.6 Å². The Balaban J connectivity index is 1.86. The van der Waals surface area contributed by atoms with Gasteiger partial charge in [0, 0.05) is 24.2 Å². The summed E-state index contributed by atoms with van der Waals surface area (Å²) in [6.07, 6.45) is 0.808. The second kappa shape index (κ2) is 10.6. The van der Waals surface area contributed by atoms with Gasteiger partial charge in [-0.25, -0.2) is 9.48 Å². The molecule has 0 N–H and O–H groups in total. The van der Waals surface area contributed by atoms with Crippen molar-refractivity contribution in [2.45, 2.75) is 40.2 Å². The highest BCUT2D eigenvalue weighted by Gasteiger charge is 2.22. The van der Waals surface area contributed by atoms with Crippen molar-refractivity contribution in [1.29, 1.82) is 5.26 Å². The van der Waals surface area contributed by atoms with Gasteiger partial charge in [-0.15, -0.1) is 0 Å². The summed E-state index contributed by atoms with van der Waals surface area (Å²) in [6, 6.07) is 14.4. The summed E-state index contributed by atoms with van der Waals surface area (Å²) in [5, 5.41) is 14.0. The molecule has 0 unspecified atom stereocenters. The average Bonchev–Trinajstić information content (AvgIpc) is 2.79. The lowest BCUT2D eigenvalue weighted by molar-refractivity contribution is -0.121. The highest BCUT2D eigenvalue weighted by Crippen LogP contribution is 2.20. The Hall–Kier alpha value is -3.99. The molecule has 0 saturated heterocycles. The highest BCUT2D eigenvalue weighted by atomic mass is 16.5. The number of carbonyl (C=O) groups is 2. The summed E-state index contributed by atoms with van der Waals surface area (Å²) < 4.78 is 6.57. The molecular formula is C25H26N4O4. The zero-order valence-corrected chi connectivity index (χ0v) is 19.0. The Kier molecular flexibility index (Phi) is 7.57. The number of nitriles is 1. The van der Waals surface area contributed by atoms with Crippen LogP contribution in [0.15, 0.2) is 47.3 Å². The van der Waals surface area contributed by atoms with Crippen LogP contribution in [0.2, 0.25) is 0 Å². The minimum absolute atomic E-state index is 0.0126. The fourth-order valence-electron chi connectivity index (χ4n) is 3.69. The molecule has 8 nitrogen and oxygen atoms in total. The number of benzene rings is 2. The van der Waals surface area contributed by atoms with E-state index in [-0.39, 0.29) is 24.2 Å². The molecule has 0 aliphatic heterocycles. The number of fused-ring (bicyclic) bond motifs is 1. The maximum Gasteiger partial charge on any atom is 0.359 e. The van der Waals surface area contributed by atoms with Crippen molar-refractivity contribution in [2.75, 3.05) is 18.1 Å². The predicted molar refractivity (Wildman–Crippen MR) is 125 cm³/mol. The van der Waals surface area contributed by atoms with Crippen molar-refractivity contribution in [2.24, 2.45) is 0 Å². The second-order valence-electron chi connectivity index (χ2n) is 7.80. The number of hydrogen-bond acceptors (Lipinski definition) is 6. The molecular weight excluding hydrogens is 420 g/mol. The van der Waals surface area contributed by atoms with Gasteiger partial charge in [0.25, 0.3) is 11.5 Å². The van der Waals surface area contributed by atoms with Crippen LogP contribution in [-0.4, -0.2) is 34.8 Å². The second-order valence-corrected chi connectivity index (χ2v) is 7.80. The van der Waals surface area contributed by atoms with Crippen LogP contribution >= 0.6 is 0 Å². The Bertz CT molecular complexity index is 1270. The van der Waals surface area contributed by atoms with Crippen molar-refractivity contribution < 1.29 is 14.3 Å². The molecule has 0 fully saturated rings. The van der Waals surface area contributed by atoms with Crippen LogP contribution in [0.1, 0.15) is 41.4 Å². The van der Waals surface area contributed by atoms with E-state index in [1.807, 2.05) is 45.0 Å². The highest BCUT2D eigenvalue weighted by molar-refractivity contribution is 6.03. The Morgan fingerprint density at radius 3 is 2.42 bits per heavy atom. The molecule has 0 radical (unpaired) electrons. The smallest absolute Gasteiger partial charge is 0.359 e. The van der Waals surface area contributed by atoms with Gasteiger partial charge < -0.3 is 9.64 Å². The molecule has 170 valence electrons. The zero-order valence-electron chi connectivity index (χ0n) is 19.0. The number of aromatic nitrogens is 2. The van der Waals surface area contributed by atoms with E-state index in [1.165, 1.54) is 9.58 Å². The standard InChI is InChI=1S/C25H26N4O4/c1-4-11-29-24(31)21-9-6-5-8-20(21)23(27-29)25(32)33-16-22(30)28(12-7-10-26)19-14-17(2)13-18(3)15-19/h5-6,8-9,13-15H,4,7,11-12,16H2,1-3H3. The summed E-state index contributed by atoms with van der Waals surface area (Å²) in [6.45, 7) is 5.77. The number of esters is 1. The molecule has 1 amide bonds. The molecule has 0 spiro atoms. The number of aryl methyl sites for hydroxylation is 3. The Morgan fingerprint density at radius 1 is 1.12 bits per heavy atom. The average molecular weight is 447 g/mol. The molecule has 0 atom stereocenters. The van der Waals surface area contributed by atoms with Crippen LogP contribution in [0.25, 0.3) is 10.8 Å². The van der Waals surface area contributed by atoms with E-state index in [2.05, 4.69) is 5.10 Å². The largest absolute Gasteiger partial charge is 0.451 e. The van der Waals surface area contributed by atoms with E-state index in [0.29, 0.717) is 29.4 Å². The number of nitrogens with zero attached hydrogens (tertiary/aromatic N) is 4. The van der Waals surface area contributed by atoms with E-state index in [4.69, 9.17) is 10.00 Å². The fraction of sp³-hybridized carbons (Fsp3) is 0.320. The van der Waals surface area contributed by atoms with Gasteiger partial charge in [-0.1, -0.05) is 31.2 Å². The van der Waals surface area contributed by atoms with Crippen molar-refractivity contribution in [1.82, 2.24) is 9.78 Å². The van der Waals surface area contributed by atoms with Crippen molar-refractivity contribution in [3.63, 3.8) is 0 Å². The van der Waals surface area contributed by atoms with Crippen LogP contribution in [0.5, 0.6) is 0 Å². The normalized spacial score (nSPS) is 10.6. The van der Waals surface area contributed by atoms with Gasteiger partial charge in [0.1, 0.15) is 0 Å². The molecule has 8 heteroatoms. The number of rotatable bonds is 8. The minimum atomic E-state index is -0.787. The van der Waals surface area contributed by atoms with E-state index >= 15 is 0 Å². The number of hydrogen-bond donors (Lipinski definition) is 0. The maximum absolute atomic E-state index is 13.0. The first kappa shape index (κ1) is 23.7. The van der Waals surface area contributed by atoms with E-state index in [9.17, 15) is 14.4 Å². The Labute approximate surface area is 192 Å². The van der Waals surface area contributed by atoms with Gasteiger partial charge in [-0.3, -0.25) is 9.59 Å². The molecule has 1 heterocycles. The number of carbonyl (C=O) groups excluding carboxylic acids is 2. The number of anilines is 1. The molecule has 0 aliphatic carbocycles. The zero-order chi connectivity index (χ0) is 24.0. The van der Waals surface area contributed by atoms with Gasteiger partial charge in [0.2, 0.25) is 0 Å². The van der Waals surface area contributed by atoms with Gasteiger partial charge >= 0.3 is 5.97 Å². The molecule has 2 aromatic carbocycles. The Morgan fingerprint density at radius 2 is 1.79 bits per heavy atom. The summed E-state index contributed by atoms with van der Waals surface area (Å²) in [4.78, 5) is 39.9. The minimum Gasteiger partial charge on any atom is -0.451 e. The quantitative estimate of drug-likeness (QED) is 0.490. The van der Waals surface area contributed by atoms with E-state index in [1.54, 1.807) is 24.3 Å². The first-order valence-corrected chi connectivity index (χ1v) is 10.8. The third kappa shape index (κ3) is 5.44. The first-order valence-electron chi connectivity index (χ1n) is 10.8. The van der Waals surface area contributed by atoms with Crippen LogP contribution in [-0.2, 0) is 16.1 Å². The van der Waals surface area contributed by atoms with Crippen molar-refractivity contribution in [3.8, 4) is 6.07 Å². The molecule has 3 aromatic rings. The first-order chi connectivity index (χ1) is 15.8. The van der Waals surface area contributed by atoms with Crippen LogP contribution < -0.4 is 10.5 Å². The van der Waals surface area contributed by atoms with E-state index in [0.717, 1.165) is 11.1 Å². The topological polar surface area (TPSA) is 105 Å². The summed E-state index contributed by atoms with van der Waals surface area (Å²) in [5.74, 6) is -1.24. The lowest BCUT2D eigenvalue weighted by Gasteiger charge is -2.22. The van der Waals surface area contributed by atoms with Crippen LogP contribution in [0, 0.1) is 25.2 Å². The van der Waals surface area contributed by atoms with Crippen LogP contribution in [0.3, 0.4) is 0 Å². The summed E-state index contributed by atoms with van der Waals surface area (Å²) in [5.41, 5.74) is 2.30. The van der Waals surface area contributed by atoms with Crippen LogP contribution in [0.4, 0.5) is 5.69 Å². The molecule has 3 rings (SSSR count). The number of amides is 1. The monoisotopic (exact) mass is 446 g/mol. The number of ether oxygens (including phenoxy) is 1. The van der Waals surface area contributed by atoms with Gasteiger partial charge in [-0.05, 0) is 49.6 Å². The molecule has 1 aromatic heterocycles. The van der Waals surface area contributed by atoms with E-state index < -0.39 is 18.5 Å². The third-order valence-corrected chi connectivity index (χ3v) is 5.09.